The fourth-order valence-electron chi connectivity index (χ4n) is 1.87. The van der Waals surface area contributed by atoms with Gasteiger partial charge >= 0.3 is 0 Å². The Morgan fingerprint density at radius 1 is 1.07 bits per heavy atom. The number of aromatic nitrogens is 1. The van der Waals surface area contributed by atoms with Gasteiger partial charge in [-0.3, -0.25) is 9.88 Å². The summed E-state index contributed by atoms with van der Waals surface area (Å²) in [5.41, 5.74) is 0.896. The van der Waals surface area contributed by atoms with E-state index >= 15 is 0 Å². The minimum Gasteiger partial charge on any atom is -0.374 e. The van der Waals surface area contributed by atoms with Crippen molar-refractivity contribution in [1.29, 1.82) is 0 Å². The van der Waals surface area contributed by atoms with Crippen molar-refractivity contribution < 1.29 is 5.11 Å². The molecule has 0 fully saturated rings. The highest BCUT2D eigenvalue weighted by Gasteiger charge is 2.22. The number of rotatable bonds is 4. The van der Waals surface area contributed by atoms with E-state index in [1.807, 2.05) is 12.1 Å². The van der Waals surface area contributed by atoms with Gasteiger partial charge in [-0.25, -0.2) is 0 Å². The third-order valence-electron chi connectivity index (χ3n) is 2.48. The van der Waals surface area contributed by atoms with Crippen LogP contribution in [0.3, 0.4) is 0 Å². The molecule has 1 aromatic rings. The largest absolute Gasteiger partial charge is 0.374 e. The average molecular weight is 208 g/mol. The molecule has 15 heavy (non-hydrogen) atoms. The van der Waals surface area contributed by atoms with Gasteiger partial charge in [0.2, 0.25) is 0 Å². The van der Waals surface area contributed by atoms with Crippen molar-refractivity contribution >= 4 is 0 Å². The van der Waals surface area contributed by atoms with Crippen molar-refractivity contribution in [3.8, 4) is 0 Å². The molecule has 0 saturated carbocycles. The summed E-state index contributed by atoms with van der Waals surface area (Å²) in [6.07, 6.45) is 2.86. The van der Waals surface area contributed by atoms with Crippen LogP contribution >= 0.6 is 0 Å². The van der Waals surface area contributed by atoms with Gasteiger partial charge in [-0.15, -0.1) is 0 Å². The summed E-state index contributed by atoms with van der Waals surface area (Å²) >= 11 is 0. The third kappa shape index (κ3) is 3.01. The zero-order valence-electron chi connectivity index (χ0n) is 9.88. The predicted molar refractivity (Wildman–Crippen MR) is 61.3 cm³/mol. The number of hydrogen-bond acceptors (Lipinski definition) is 3. The first-order chi connectivity index (χ1) is 7.04. The standard InChI is InChI=1S/C12H20N2O/c1-9(2)14(10(3)4)12(15)11-5-7-13-8-6-11/h5-10,12,15H,1-4H3. The Morgan fingerprint density at radius 2 is 1.53 bits per heavy atom. The van der Waals surface area contributed by atoms with Crippen LogP contribution in [0.25, 0.3) is 0 Å². The molecule has 0 bridgehead atoms. The second-order valence-electron chi connectivity index (χ2n) is 4.29. The summed E-state index contributed by atoms with van der Waals surface area (Å²) in [5.74, 6) is 0. The van der Waals surface area contributed by atoms with Crippen molar-refractivity contribution in [2.45, 2.75) is 46.0 Å². The van der Waals surface area contributed by atoms with Crippen molar-refractivity contribution in [3.05, 3.63) is 30.1 Å². The fraction of sp³-hybridized carbons (Fsp3) is 0.583. The molecule has 1 rings (SSSR count). The predicted octanol–water partition coefficient (Wildman–Crippen LogP) is 2.19. The summed E-state index contributed by atoms with van der Waals surface area (Å²) in [7, 11) is 0. The van der Waals surface area contributed by atoms with Crippen molar-refractivity contribution in [2.24, 2.45) is 0 Å². The van der Waals surface area contributed by atoms with Crippen LogP contribution in [0.4, 0.5) is 0 Å². The van der Waals surface area contributed by atoms with Gasteiger partial charge in [0.25, 0.3) is 0 Å². The first-order valence-electron chi connectivity index (χ1n) is 5.39. The number of nitrogens with zero attached hydrogens (tertiary/aromatic N) is 2. The van der Waals surface area contributed by atoms with Crippen molar-refractivity contribution in [2.75, 3.05) is 0 Å². The lowest BCUT2D eigenvalue weighted by molar-refractivity contribution is -0.0395. The van der Waals surface area contributed by atoms with E-state index in [-0.39, 0.29) is 0 Å². The number of hydrogen-bond donors (Lipinski definition) is 1. The smallest absolute Gasteiger partial charge is 0.134 e. The van der Waals surface area contributed by atoms with E-state index in [4.69, 9.17) is 0 Å². The van der Waals surface area contributed by atoms with Crippen LogP contribution in [-0.4, -0.2) is 27.1 Å². The first-order valence-corrected chi connectivity index (χ1v) is 5.39. The molecule has 1 unspecified atom stereocenters. The van der Waals surface area contributed by atoms with Crippen LogP contribution < -0.4 is 0 Å². The summed E-state index contributed by atoms with van der Waals surface area (Å²) < 4.78 is 0. The van der Waals surface area contributed by atoms with Crippen LogP contribution in [0.15, 0.2) is 24.5 Å². The molecule has 0 saturated heterocycles. The Morgan fingerprint density at radius 3 is 1.93 bits per heavy atom. The fourth-order valence-corrected chi connectivity index (χ4v) is 1.87. The van der Waals surface area contributed by atoms with Gasteiger partial charge in [0.1, 0.15) is 6.23 Å². The zero-order valence-corrected chi connectivity index (χ0v) is 9.88. The van der Waals surface area contributed by atoms with Gasteiger partial charge in [0.15, 0.2) is 0 Å². The summed E-state index contributed by atoms with van der Waals surface area (Å²) in [6.45, 7) is 8.35. The van der Waals surface area contributed by atoms with Gasteiger partial charge in [0.05, 0.1) is 0 Å². The van der Waals surface area contributed by atoms with E-state index in [1.54, 1.807) is 12.4 Å². The molecule has 0 radical (unpaired) electrons. The third-order valence-corrected chi connectivity index (χ3v) is 2.48. The van der Waals surface area contributed by atoms with Crippen LogP contribution in [0.2, 0.25) is 0 Å². The molecule has 0 aromatic carbocycles. The molecule has 1 aromatic heterocycles. The Bertz CT molecular complexity index is 277. The number of aliphatic hydroxyl groups excluding tert-OH is 1. The topological polar surface area (TPSA) is 36.4 Å². The second-order valence-corrected chi connectivity index (χ2v) is 4.29. The molecule has 3 heteroatoms. The molecule has 0 aliphatic rings. The van der Waals surface area contributed by atoms with Gasteiger partial charge < -0.3 is 5.11 Å². The van der Waals surface area contributed by atoms with E-state index in [2.05, 4.69) is 37.6 Å². The second kappa shape index (κ2) is 5.24. The number of pyridine rings is 1. The molecule has 0 aliphatic carbocycles. The van der Waals surface area contributed by atoms with E-state index in [0.717, 1.165) is 5.56 Å². The van der Waals surface area contributed by atoms with E-state index in [1.165, 1.54) is 0 Å². The molecule has 84 valence electrons. The highest BCUT2D eigenvalue weighted by atomic mass is 16.3. The molecule has 0 amide bonds. The Kier molecular flexibility index (Phi) is 4.24. The monoisotopic (exact) mass is 208 g/mol. The maximum absolute atomic E-state index is 10.2. The van der Waals surface area contributed by atoms with Gasteiger partial charge in [-0.1, -0.05) is 0 Å². The van der Waals surface area contributed by atoms with Gasteiger partial charge in [-0.2, -0.15) is 0 Å². The molecule has 0 spiro atoms. The minimum absolute atomic E-state index is 0.313. The van der Waals surface area contributed by atoms with Gasteiger partial charge in [0, 0.05) is 24.5 Å². The molecule has 1 N–H and O–H groups in total. The molecule has 1 atom stereocenters. The lowest BCUT2D eigenvalue weighted by atomic mass is 10.1. The maximum atomic E-state index is 10.2. The summed E-state index contributed by atoms with van der Waals surface area (Å²) in [5, 5.41) is 10.2. The minimum atomic E-state index is -0.548. The quantitative estimate of drug-likeness (QED) is 0.771. The lowest BCUT2D eigenvalue weighted by Gasteiger charge is -2.35. The highest BCUT2D eigenvalue weighted by molar-refractivity contribution is 5.12. The highest BCUT2D eigenvalue weighted by Crippen LogP contribution is 2.21. The Labute approximate surface area is 91.8 Å². The molecule has 1 heterocycles. The molecular formula is C12H20N2O. The van der Waals surface area contributed by atoms with E-state index < -0.39 is 6.23 Å². The first kappa shape index (κ1) is 12.1. The average Bonchev–Trinajstić information content (AvgIpc) is 2.18. The van der Waals surface area contributed by atoms with Crippen molar-refractivity contribution in [3.63, 3.8) is 0 Å². The van der Waals surface area contributed by atoms with Crippen LogP contribution in [0, 0.1) is 0 Å². The van der Waals surface area contributed by atoms with E-state index in [9.17, 15) is 5.11 Å². The zero-order chi connectivity index (χ0) is 11.4. The van der Waals surface area contributed by atoms with Gasteiger partial charge in [-0.05, 0) is 45.4 Å². The Hall–Kier alpha value is -0.930. The summed E-state index contributed by atoms with van der Waals surface area (Å²) in [4.78, 5) is 6.01. The van der Waals surface area contributed by atoms with Crippen LogP contribution in [-0.2, 0) is 0 Å². The normalized spacial score (nSPS) is 13.9. The summed E-state index contributed by atoms with van der Waals surface area (Å²) in [6, 6.07) is 4.33. The maximum Gasteiger partial charge on any atom is 0.134 e. The molecule has 0 aliphatic heterocycles. The van der Waals surface area contributed by atoms with Crippen LogP contribution in [0.5, 0.6) is 0 Å². The van der Waals surface area contributed by atoms with Crippen molar-refractivity contribution in [1.82, 2.24) is 9.88 Å². The molecular weight excluding hydrogens is 188 g/mol. The van der Waals surface area contributed by atoms with Crippen LogP contribution in [0.1, 0.15) is 39.5 Å². The Balaban J connectivity index is 2.86. The molecule has 3 nitrogen and oxygen atoms in total. The lowest BCUT2D eigenvalue weighted by Crippen LogP contribution is -2.40. The number of aliphatic hydroxyl groups is 1. The SMILES string of the molecule is CC(C)N(C(C)C)C(O)c1ccncc1. The van der Waals surface area contributed by atoms with E-state index in [0.29, 0.717) is 12.1 Å².